The van der Waals surface area contributed by atoms with Gasteiger partial charge in [0.25, 0.3) is 0 Å². The van der Waals surface area contributed by atoms with Crippen molar-refractivity contribution >= 4 is 28.4 Å². The van der Waals surface area contributed by atoms with Gasteiger partial charge in [-0.15, -0.1) is 0 Å². The molecule has 174 valence electrons. The molecule has 0 unspecified atom stereocenters. The highest BCUT2D eigenvalue weighted by atomic mass is 35.5. The van der Waals surface area contributed by atoms with Gasteiger partial charge in [-0.05, 0) is 47.7 Å². The van der Waals surface area contributed by atoms with E-state index in [4.69, 9.17) is 11.6 Å². The summed E-state index contributed by atoms with van der Waals surface area (Å²) >= 11 is 6.00. The van der Waals surface area contributed by atoms with Crippen LogP contribution in [0, 0.1) is 11.7 Å². The predicted octanol–water partition coefficient (Wildman–Crippen LogP) is 4.37. The molecule has 1 aliphatic rings. The van der Waals surface area contributed by atoms with Crippen LogP contribution < -0.4 is 5.69 Å². The number of amides is 1. The second kappa shape index (κ2) is 9.02. The largest absolute Gasteiger partial charge is 0.348 e. The average Bonchev–Trinajstić information content (AvgIpc) is 3.45. The molecule has 0 saturated carbocycles. The van der Waals surface area contributed by atoms with Crippen molar-refractivity contribution in [2.24, 2.45) is 5.92 Å². The van der Waals surface area contributed by atoms with E-state index in [0.29, 0.717) is 42.3 Å². The summed E-state index contributed by atoms with van der Waals surface area (Å²) in [6, 6.07) is 12.2. The van der Waals surface area contributed by atoms with Gasteiger partial charge in [0.1, 0.15) is 11.6 Å². The molecule has 1 atom stereocenters. The highest BCUT2D eigenvalue weighted by Gasteiger charge is 2.27. The van der Waals surface area contributed by atoms with E-state index in [0.717, 1.165) is 22.9 Å². The van der Waals surface area contributed by atoms with Gasteiger partial charge in [0, 0.05) is 37.5 Å². The summed E-state index contributed by atoms with van der Waals surface area (Å²) in [7, 11) is 0. The summed E-state index contributed by atoms with van der Waals surface area (Å²) in [5.74, 6) is 0.223. The summed E-state index contributed by atoms with van der Waals surface area (Å²) in [4.78, 5) is 30.7. The molecule has 9 heteroatoms. The molecule has 1 saturated heterocycles. The van der Waals surface area contributed by atoms with Gasteiger partial charge in [0.15, 0.2) is 0 Å². The van der Waals surface area contributed by atoms with E-state index >= 15 is 4.39 Å². The molecule has 1 amide bonds. The van der Waals surface area contributed by atoms with Crippen LogP contribution >= 0.6 is 11.6 Å². The molecule has 1 fully saturated rings. The van der Waals surface area contributed by atoms with Crippen molar-refractivity contribution in [3.63, 3.8) is 0 Å². The van der Waals surface area contributed by atoms with E-state index in [1.54, 1.807) is 18.3 Å². The molecular weight excluding hydrogens is 457 g/mol. The molecule has 7 nitrogen and oxygen atoms in total. The van der Waals surface area contributed by atoms with Crippen molar-refractivity contribution in [3.8, 4) is 16.8 Å². The smallest absolute Gasteiger partial charge is 0.342 e. The van der Waals surface area contributed by atoms with Crippen molar-refractivity contribution in [1.82, 2.24) is 24.6 Å². The zero-order chi connectivity index (χ0) is 23.8. The van der Waals surface area contributed by atoms with Crippen LogP contribution in [0.5, 0.6) is 0 Å². The predicted molar refractivity (Wildman–Crippen MR) is 129 cm³/mol. The van der Waals surface area contributed by atoms with Crippen LogP contribution in [0.25, 0.3) is 27.7 Å². The first-order valence-corrected chi connectivity index (χ1v) is 11.6. The first kappa shape index (κ1) is 22.3. The van der Waals surface area contributed by atoms with Gasteiger partial charge >= 0.3 is 5.69 Å². The van der Waals surface area contributed by atoms with Crippen molar-refractivity contribution in [2.75, 3.05) is 13.1 Å². The van der Waals surface area contributed by atoms with Crippen LogP contribution in [0.15, 0.2) is 53.5 Å². The van der Waals surface area contributed by atoms with E-state index < -0.39 is 11.5 Å². The van der Waals surface area contributed by atoms with E-state index in [9.17, 15) is 9.59 Å². The van der Waals surface area contributed by atoms with Gasteiger partial charge in [-0.3, -0.25) is 9.78 Å². The molecule has 5 rings (SSSR count). The van der Waals surface area contributed by atoms with Gasteiger partial charge in [-0.2, -0.15) is 5.10 Å². The maximum atomic E-state index is 15.3. The monoisotopic (exact) mass is 479 g/mol. The zero-order valence-electron chi connectivity index (χ0n) is 18.6. The number of hydrogen-bond acceptors (Lipinski definition) is 4. The minimum Gasteiger partial charge on any atom is -0.342 e. The molecule has 1 N–H and O–H groups in total. The molecule has 0 bridgehead atoms. The number of nitrogens with one attached hydrogen (secondary N) is 1. The Morgan fingerprint density at radius 1 is 1.21 bits per heavy atom. The van der Waals surface area contributed by atoms with Gasteiger partial charge in [-0.1, -0.05) is 36.7 Å². The maximum absolute atomic E-state index is 15.3. The lowest BCUT2D eigenvalue weighted by molar-refractivity contribution is -0.129. The summed E-state index contributed by atoms with van der Waals surface area (Å²) < 4.78 is 16.6. The van der Waals surface area contributed by atoms with E-state index in [2.05, 4.69) is 15.2 Å². The second-order valence-electron chi connectivity index (χ2n) is 8.56. The summed E-state index contributed by atoms with van der Waals surface area (Å²) in [5, 5.41) is 8.04. The minimum atomic E-state index is -0.527. The van der Waals surface area contributed by atoms with Gasteiger partial charge in [0.05, 0.1) is 16.2 Å². The number of nitrogens with zero attached hydrogens (tertiary/aromatic N) is 4. The van der Waals surface area contributed by atoms with Crippen molar-refractivity contribution in [2.45, 2.75) is 26.2 Å². The Morgan fingerprint density at radius 2 is 2.00 bits per heavy atom. The number of fused-ring (bicyclic) bond motifs is 1. The van der Waals surface area contributed by atoms with E-state index in [-0.39, 0.29) is 17.5 Å². The van der Waals surface area contributed by atoms with Gasteiger partial charge < -0.3 is 4.90 Å². The van der Waals surface area contributed by atoms with Crippen LogP contribution in [-0.2, 0) is 11.2 Å². The lowest BCUT2D eigenvalue weighted by Crippen LogP contribution is -2.28. The SMILES string of the molecule is CCC(=O)N1CC[C@@H](Cc2n[nH]c(=O)n2-c2ccc(-c3ccc4cc(Cl)cnc4c3)cc2F)C1. The quantitative estimate of drug-likeness (QED) is 0.460. The maximum Gasteiger partial charge on any atom is 0.348 e. The molecule has 0 spiro atoms. The standard InChI is InChI=1S/C25H23ClFN5O2/c1-2-24(33)31-8-7-15(14-31)9-23-29-30-25(34)32(23)22-6-5-16(11-20(22)27)17-3-4-18-10-19(26)13-28-21(18)12-17/h3-6,10-13,15H,2,7-9,14H2,1H3,(H,30,34)/t15-/m0/s1. The third-order valence-corrected chi connectivity index (χ3v) is 6.53. The van der Waals surface area contributed by atoms with Crippen LogP contribution in [0.3, 0.4) is 0 Å². The number of aromatic nitrogens is 4. The second-order valence-corrected chi connectivity index (χ2v) is 9.00. The summed E-state index contributed by atoms with van der Waals surface area (Å²) in [5.41, 5.74) is 1.88. The first-order chi connectivity index (χ1) is 16.4. The molecule has 0 radical (unpaired) electrons. The van der Waals surface area contributed by atoms with E-state index in [1.807, 2.05) is 36.1 Å². The number of halogens is 2. The number of likely N-dealkylation sites (tertiary alicyclic amines) is 1. The molecule has 3 heterocycles. The molecule has 0 aliphatic carbocycles. The Labute approximate surface area is 200 Å². The molecule has 2 aromatic carbocycles. The Bertz CT molecular complexity index is 1450. The van der Waals surface area contributed by atoms with Gasteiger partial charge in [0.2, 0.25) is 5.91 Å². The van der Waals surface area contributed by atoms with Crippen LogP contribution in [0.4, 0.5) is 4.39 Å². The highest BCUT2D eigenvalue weighted by Crippen LogP contribution is 2.28. The third kappa shape index (κ3) is 4.21. The number of aromatic amines is 1. The lowest BCUT2D eigenvalue weighted by Gasteiger charge is -2.15. The number of carbonyl (C=O) groups excluding carboxylic acids is 1. The number of carbonyl (C=O) groups is 1. The summed E-state index contributed by atoms with van der Waals surface area (Å²) in [6.07, 6.45) is 3.35. The fourth-order valence-electron chi connectivity index (χ4n) is 4.56. The van der Waals surface area contributed by atoms with Crippen molar-refractivity contribution < 1.29 is 9.18 Å². The van der Waals surface area contributed by atoms with Crippen molar-refractivity contribution in [3.05, 3.63) is 75.8 Å². The van der Waals surface area contributed by atoms with Crippen molar-refractivity contribution in [1.29, 1.82) is 0 Å². The molecular formula is C25H23ClFN5O2. The summed E-state index contributed by atoms with van der Waals surface area (Å²) in [6.45, 7) is 3.16. The molecule has 2 aromatic heterocycles. The topological polar surface area (TPSA) is 83.9 Å². The number of pyridine rings is 1. The van der Waals surface area contributed by atoms with Crippen LogP contribution in [0.1, 0.15) is 25.6 Å². The van der Waals surface area contributed by atoms with Crippen LogP contribution in [0.2, 0.25) is 5.02 Å². The number of hydrogen-bond donors (Lipinski definition) is 1. The zero-order valence-corrected chi connectivity index (χ0v) is 19.3. The molecule has 34 heavy (non-hydrogen) atoms. The number of benzene rings is 2. The highest BCUT2D eigenvalue weighted by molar-refractivity contribution is 6.31. The lowest BCUT2D eigenvalue weighted by atomic mass is 10.0. The number of rotatable bonds is 5. The molecule has 4 aromatic rings. The number of H-pyrrole nitrogens is 1. The Balaban J connectivity index is 1.42. The normalized spacial score (nSPS) is 15.9. The molecule has 1 aliphatic heterocycles. The first-order valence-electron chi connectivity index (χ1n) is 11.2. The minimum absolute atomic E-state index is 0.121. The average molecular weight is 480 g/mol. The Kier molecular flexibility index (Phi) is 5.91. The van der Waals surface area contributed by atoms with Gasteiger partial charge in [-0.25, -0.2) is 18.9 Å². The van der Waals surface area contributed by atoms with Crippen LogP contribution in [-0.4, -0.2) is 43.6 Å². The third-order valence-electron chi connectivity index (χ3n) is 6.33. The Morgan fingerprint density at radius 3 is 2.79 bits per heavy atom. The Hall–Kier alpha value is -3.52. The fourth-order valence-corrected chi connectivity index (χ4v) is 4.73. The van der Waals surface area contributed by atoms with E-state index in [1.165, 1.54) is 10.6 Å². The fraction of sp³-hybridized carbons (Fsp3) is 0.280.